The van der Waals surface area contributed by atoms with Crippen LogP contribution in [0.2, 0.25) is 0 Å². The summed E-state index contributed by atoms with van der Waals surface area (Å²) in [4.78, 5) is 17.1. The molecule has 2 heterocycles. The van der Waals surface area contributed by atoms with E-state index in [1.165, 1.54) is 28.6 Å². The predicted molar refractivity (Wildman–Crippen MR) is 143 cm³/mol. The summed E-state index contributed by atoms with van der Waals surface area (Å²) in [5.41, 5.74) is 1.06. The van der Waals surface area contributed by atoms with Gasteiger partial charge in [0.25, 0.3) is 15.9 Å². The Bertz CT molecular complexity index is 1450. The molecule has 0 spiro atoms. The Morgan fingerprint density at radius 3 is 2.51 bits per heavy atom. The number of carbonyl (C=O) groups excluding carboxylic acids is 1. The second kappa shape index (κ2) is 11.2. The minimum Gasteiger partial charge on any atom is -0.379 e. The van der Waals surface area contributed by atoms with Crippen molar-refractivity contribution in [2.75, 3.05) is 38.2 Å². The number of amides is 1. The molecule has 0 radical (unpaired) electrons. The standard InChI is InChI=1S/C23H27N5O6S3/c1-16-7-8-19(37(32,33)28-10-12-34-13-11-28)15-20(16)22(29)26-23(35)25-17-4-2-5-18(14-17)36(30,31)27-21-6-3-9-24-21/h2,4-5,7-8,14-15H,3,6,9-13H2,1H3,(H,24,27)(H2,25,26,29,35). The second-order valence-electron chi connectivity index (χ2n) is 8.47. The molecule has 0 saturated carbocycles. The van der Waals surface area contributed by atoms with Crippen molar-refractivity contribution in [1.82, 2.24) is 14.3 Å². The summed E-state index contributed by atoms with van der Waals surface area (Å²) in [7, 11) is -7.61. The summed E-state index contributed by atoms with van der Waals surface area (Å²) in [6, 6.07) is 10.3. The van der Waals surface area contributed by atoms with Crippen LogP contribution in [0.4, 0.5) is 5.69 Å². The quantitative estimate of drug-likeness (QED) is 0.448. The molecular weight excluding hydrogens is 538 g/mol. The molecule has 198 valence electrons. The smallest absolute Gasteiger partial charge is 0.262 e. The highest BCUT2D eigenvalue weighted by atomic mass is 32.2. The van der Waals surface area contributed by atoms with Gasteiger partial charge in [-0.3, -0.25) is 19.8 Å². The highest BCUT2D eigenvalue weighted by Crippen LogP contribution is 2.21. The van der Waals surface area contributed by atoms with E-state index in [-0.39, 0.29) is 33.6 Å². The molecule has 4 rings (SSSR count). The highest BCUT2D eigenvalue weighted by Gasteiger charge is 2.27. The number of anilines is 1. The lowest BCUT2D eigenvalue weighted by Gasteiger charge is -2.26. The van der Waals surface area contributed by atoms with Crippen LogP contribution in [0.25, 0.3) is 0 Å². The number of benzene rings is 2. The van der Waals surface area contributed by atoms with Crippen LogP contribution in [-0.4, -0.2) is 70.8 Å². The number of thiocarbonyl (C=S) groups is 1. The summed E-state index contributed by atoms with van der Waals surface area (Å²) in [5, 5.41) is 5.26. The van der Waals surface area contributed by atoms with Gasteiger partial charge < -0.3 is 10.1 Å². The lowest BCUT2D eigenvalue weighted by Crippen LogP contribution is -2.40. The van der Waals surface area contributed by atoms with Crippen molar-refractivity contribution in [3.8, 4) is 0 Å². The van der Waals surface area contributed by atoms with Crippen LogP contribution in [0.1, 0.15) is 28.8 Å². The first-order valence-corrected chi connectivity index (χ1v) is 14.9. The van der Waals surface area contributed by atoms with Crippen molar-refractivity contribution in [2.45, 2.75) is 29.6 Å². The number of morpholine rings is 1. The largest absolute Gasteiger partial charge is 0.379 e. The molecule has 1 fully saturated rings. The van der Waals surface area contributed by atoms with Gasteiger partial charge >= 0.3 is 0 Å². The van der Waals surface area contributed by atoms with Crippen molar-refractivity contribution in [2.24, 2.45) is 4.99 Å². The van der Waals surface area contributed by atoms with Gasteiger partial charge in [0, 0.05) is 37.3 Å². The van der Waals surface area contributed by atoms with Crippen molar-refractivity contribution in [3.05, 3.63) is 53.6 Å². The van der Waals surface area contributed by atoms with Gasteiger partial charge in [0.05, 0.1) is 23.0 Å². The van der Waals surface area contributed by atoms with Gasteiger partial charge in [0.15, 0.2) is 5.11 Å². The van der Waals surface area contributed by atoms with E-state index in [1.807, 2.05) is 0 Å². The molecule has 0 bridgehead atoms. The summed E-state index contributed by atoms with van der Waals surface area (Å²) in [5.74, 6) is -0.173. The first-order chi connectivity index (χ1) is 17.6. The van der Waals surface area contributed by atoms with Crippen LogP contribution in [-0.2, 0) is 24.8 Å². The number of rotatable bonds is 6. The lowest BCUT2D eigenvalue weighted by atomic mass is 10.1. The maximum Gasteiger partial charge on any atom is 0.262 e. The van der Waals surface area contributed by atoms with E-state index in [4.69, 9.17) is 17.0 Å². The van der Waals surface area contributed by atoms with Crippen LogP contribution >= 0.6 is 12.2 Å². The van der Waals surface area contributed by atoms with E-state index < -0.39 is 26.0 Å². The van der Waals surface area contributed by atoms with Crippen molar-refractivity contribution in [1.29, 1.82) is 0 Å². The predicted octanol–water partition coefficient (Wildman–Crippen LogP) is 1.61. The summed E-state index contributed by atoms with van der Waals surface area (Å²) in [6.07, 6.45) is 1.37. The summed E-state index contributed by atoms with van der Waals surface area (Å²) in [6.45, 7) is 3.38. The number of amidine groups is 1. The number of nitrogens with zero attached hydrogens (tertiary/aromatic N) is 2. The Hall–Kier alpha value is -2.91. The fourth-order valence-corrected chi connectivity index (χ4v) is 6.63. The molecule has 11 nitrogen and oxygen atoms in total. The van der Waals surface area contributed by atoms with Crippen LogP contribution < -0.4 is 15.4 Å². The monoisotopic (exact) mass is 565 g/mol. The maximum absolute atomic E-state index is 13.0. The zero-order valence-electron chi connectivity index (χ0n) is 20.1. The molecule has 2 aromatic carbocycles. The van der Waals surface area contributed by atoms with Gasteiger partial charge in [-0.25, -0.2) is 16.8 Å². The number of aryl methyl sites for hydroxylation is 1. The zero-order valence-corrected chi connectivity index (χ0v) is 22.5. The van der Waals surface area contributed by atoms with Crippen LogP contribution in [0.5, 0.6) is 0 Å². The molecule has 1 saturated heterocycles. The fourth-order valence-electron chi connectivity index (χ4n) is 3.85. The zero-order chi connectivity index (χ0) is 26.6. The molecule has 1 amide bonds. The number of hydrogen-bond donors (Lipinski definition) is 3. The maximum atomic E-state index is 13.0. The number of hydrogen-bond acceptors (Lipinski definition) is 8. The molecule has 14 heteroatoms. The van der Waals surface area contributed by atoms with E-state index in [0.29, 0.717) is 43.3 Å². The van der Waals surface area contributed by atoms with Crippen molar-refractivity contribution < 1.29 is 26.4 Å². The third-order valence-electron chi connectivity index (χ3n) is 5.82. The second-order valence-corrected chi connectivity index (χ2v) is 12.5. The average molecular weight is 566 g/mol. The molecule has 3 N–H and O–H groups in total. The Kier molecular flexibility index (Phi) is 8.23. The Morgan fingerprint density at radius 2 is 1.81 bits per heavy atom. The number of carbonyl (C=O) groups is 1. The number of sulfonamides is 2. The molecule has 0 unspecified atom stereocenters. The molecular formula is C23H27N5O6S3. The van der Waals surface area contributed by atoms with Gasteiger partial charge in [-0.05, 0) is 61.5 Å². The van der Waals surface area contributed by atoms with Gasteiger partial charge in [0.2, 0.25) is 10.0 Å². The third kappa shape index (κ3) is 6.51. The van der Waals surface area contributed by atoms with Gasteiger partial charge in [-0.2, -0.15) is 4.31 Å². The molecule has 2 aromatic rings. The van der Waals surface area contributed by atoms with Crippen LogP contribution in [0.3, 0.4) is 0 Å². The molecule has 0 aliphatic carbocycles. The minimum absolute atomic E-state index is 0.00121. The van der Waals surface area contributed by atoms with Crippen molar-refractivity contribution in [3.63, 3.8) is 0 Å². The van der Waals surface area contributed by atoms with E-state index in [1.54, 1.807) is 25.1 Å². The van der Waals surface area contributed by atoms with E-state index in [0.717, 1.165) is 6.42 Å². The number of aliphatic imine (C=N–C) groups is 1. The summed E-state index contributed by atoms with van der Waals surface area (Å²) >= 11 is 5.25. The normalized spacial score (nSPS) is 16.6. The molecule has 0 atom stereocenters. The topological polar surface area (TPSA) is 146 Å². The first kappa shape index (κ1) is 27.1. The van der Waals surface area contributed by atoms with E-state index in [9.17, 15) is 21.6 Å². The van der Waals surface area contributed by atoms with Gasteiger partial charge in [0.1, 0.15) is 5.84 Å². The SMILES string of the molecule is Cc1ccc(S(=O)(=O)N2CCOCC2)cc1C(=O)NC(=S)Nc1cccc(S(=O)(=O)NC2=NCCC2)c1. The molecule has 37 heavy (non-hydrogen) atoms. The average Bonchev–Trinajstić information content (AvgIpc) is 3.37. The van der Waals surface area contributed by atoms with E-state index >= 15 is 0 Å². The molecule has 0 aromatic heterocycles. The van der Waals surface area contributed by atoms with Crippen LogP contribution in [0, 0.1) is 6.92 Å². The fraction of sp³-hybridized carbons (Fsp3) is 0.348. The summed E-state index contributed by atoms with van der Waals surface area (Å²) < 4.78 is 60.4. The molecule has 2 aliphatic rings. The minimum atomic E-state index is -3.82. The van der Waals surface area contributed by atoms with Gasteiger partial charge in [-0.15, -0.1) is 0 Å². The molecule has 2 aliphatic heterocycles. The Labute approximate surface area is 221 Å². The number of ether oxygens (including phenoxy) is 1. The number of nitrogens with one attached hydrogen (secondary N) is 3. The first-order valence-electron chi connectivity index (χ1n) is 11.5. The van der Waals surface area contributed by atoms with Crippen molar-refractivity contribution >= 4 is 54.8 Å². The van der Waals surface area contributed by atoms with Crippen LogP contribution in [0.15, 0.2) is 57.2 Å². The Morgan fingerprint density at radius 1 is 1.05 bits per heavy atom. The van der Waals surface area contributed by atoms with Gasteiger partial charge in [-0.1, -0.05) is 12.1 Å². The highest BCUT2D eigenvalue weighted by molar-refractivity contribution is 7.90. The third-order valence-corrected chi connectivity index (χ3v) is 9.29. The van der Waals surface area contributed by atoms with E-state index in [2.05, 4.69) is 20.3 Å². The lowest BCUT2D eigenvalue weighted by molar-refractivity contribution is 0.0730. The Balaban J connectivity index is 1.45.